The highest BCUT2D eigenvalue weighted by Gasteiger charge is 2.60. The van der Waals surface area contributed by atoms with Crippen LogP contribution in [0.5, 0.6) is 0 Å². The molecular weight excluding hydrogens is 152 g/mol. The van der Waals surface area contributed by atoms with Crippen LogP contribution in [0.3, 0.4) is 0 Å². The van der Waals surface area contributed by atoms with Gasteiger partial charge in [-0.15, -0.1) is 0 Å². The normalized spacial score (nSPS) is 56.2. The van der Waals surface area contributed by atoms with Crippen LogP contribution in [0.4, 0.5) is 0 Å². The fraction of sp³-hybridized carbons (Fsp3) is 1.00. The number of aliphatic hydroxyl groups excluding tert-OH is 2. The molecule has 3 fully saturated rings. The highest BCUT2D eigenvalue weighted by atomic mass is 16.3. The van der Waals surface area contributed by atoms with Gasteiger partial charge in [-0.1, -0.05) is 20.8 Å². The third-order valence-corrected chi connectivity index (χ3v) is 4.35. The van der Waals surface area contributed by atoms with Crippen LogP contribution < -0.4 is 0 Å². The quantitative estimate of drug-likeness (QED) is 0.570. The van der Waals surface area contributed by atoms with Crippen LogP contribution in [0.15, 0.2) is 0 Å². The second kappa shape index (κ2) is 2.24. The Morgan fingerprint density at radius 3 is 2.08 bits per heavy atom. The van der Waals surface area contributed by atoms with Gasteiger partial charge in [0.05, 0.1) is 12.2 Å². The van der Waals surface area contributed by atoms with E-state index in [4.69, 9.17) is 0 Å². The standard InChI is InChI=1S/C10H18O2/c1-5-6-4-7(10(6,2)3)9(12)8(5)11/h5-9,11-12H,4H2,1-3H3. The van der Waals surface area contributed by atoms with Gasteiger partial charge in [0.2, 0.25) is 0 Å². The molecule has 0 aliphatic heterocycles. The largest absolute Gasteiger partial charge is 0.390 e. The Kier molecular flexibility index (Phi) is 1.59. The Labute approximate surface area is 73.6 Å². The number of aliphatic hydroxyl groups is 2. The van der Waals surface area contributed by atoms with Gasteiger partial charge in [0.25, 0.3) is 0 Å². The van der Waals surface area contributed by atoms with Gasteiger partial charge in [-0.05, 0) is 29.6 Å². The molecule has 0 aromatic heterocycles. The number of hydrogen-bond acceptors (Lipinski definition) is 2. The van der Waals surface area contributed by atoms with E-state index in [1.165, 1.54) is 0 Å². The van der Waals surface area contributed by atoms with Crippen LogP contribution in [-0.4, -0.2) is 22.4 Å². The van der Waals surface area contributed by atoms with Gasteiger partial charge in [-0.3, -0.25) is 0 Å². The van der Waals surface area contributed by atoms with Gasteiger partial charge in [0.1, 0.15) is 0 Å². The molecule has 5 atom stereocenters. The maximum Gasteiger partial charge on any atom is 0.0835 e. The smallest absolute Gasteiger partial charge is 0.0835 e. The highest BCUT2D eigenvalue weighted by molar-refractivity contribution is 5.09. The maximum atomic E-state index is 9.74. The molecule has 3 aliphatic carbocycles. The molecule has 0 heterocycles. The summed E-state index contributed by atoms with van der Waals surface area (Å²) in [5, 5.41) is 19.4. The maximum absolute atomic E-state index is 9.74. The van der Waals surface area contributed by atoms with E-state index in [0.717, 1.165) is 6.42 Å². The molecule has 12 heavy (non-hydrogen) atoms. The number of rotatable bonds is 0. The van der Waals surface area contributed by atoms with Crippen molar-refractivity contribution in [2.24, 2.45) is 23.2 Å². The van der Waals surface area contributed by atoms with Crippen LogP contribution in [0, 0.1) is 23.2 Å². The second-order valence-corrected chi connectivity index (χ2v) is 5.11. The predicted octanol–water partition coefficient (Wildman–Crippen LogP) is 1.02. The molecule has 0 amide bonds. The molecule has 2 N–H and O–H groups in total. The summed E-state index contributed by atoms with van der Waals surface area (Å²) in [7, 11) is 0. The first-order valence-electron chi connectivity index (χ1n) is 4.82. The zero-order valence-electron chi connectivity index (χ0n) is 7.99. The molecule has 2 heteroatoms. The van der Waals surface area contributed by atoms with Crippen LogP contribution in [0.1, 0.15) is 27.2 Å². The van der Waals surface area contributed by atoms with Crippen molar-refractivity contribution < 1.29 is 10.2 Å². The first-order valence-corrected chi connectivity index (χ1v) is 4.82. The Balaban J connectivity index is 2.24. The summed E-state index contributed by atoms with van der Waals surface area (Å²) in [6, 6.07) is 0. The van der Waals surface area contributed by atoms with E-state index < -0.39 is 12.2 Å². The molecular formula is C10H18O2. The molecule has 70 valence electrons. The van der Waals surface area contributed by atoms with Crippen molar-refractivity contribution in [3.8, 4) is 0 Å². The van der Waals surface area contributed by atoms with E-state index in [-0.39, 0.29) is 11.3 Å². The second-order valence-electron chi connectivity index (χ2n) is 5.11. The summed E-state index contributed by atoms with van der Waals surface area (Å²) in [5.74, 6) is 1.20. The summed E-state index contributed by atoms with van der Waals surface area (Å²) < 4.78 is 0. The minimum atomic E-state index is -0.486. The first-order chi connectivity index (χ1) is 5.46. The lowest BCUT2D eigenvalue weighted by atomic mass is 9.44. The molecule has 0 aromatic carbocycles. The molecule has 0 radical (unpaired) electrons. The van der Waals surface area contributed by atoms with Gasteiger partial charge in [-0.2, -0.15) is 0 Å². The van der Waals surface area contributed by atoms with E-state index in [1.807, 2.05) is 0 Å². The summed E-state index contributed by atoms with van der Waals surface area (Å²) in [6.07, 6.45) is 0.133. The number of hydrogen-bond donors (Lipinski definition) is 2. The number of fused-ring (bicyclic) bond motifs is 2. The van der Waals surface area contributed by atoms with Crippen molar-refractivity contribution >= 4 is 0 Å². The Morgan fingerprint density at radius 1 is 1.08 bits per heavy atom. The summed E-state index contributed by atoms with van der Waals surface area (Å²) in [5.41, 5.74) is 0.248. The average molecular weight is 170 g/mol. The first kappa shape index (κ1) is 8.52. The monoisotopic (exact) mass is 170 g/mol. The van der Waals surface area contributed by atoms with Crippen LogP contribution in [0.2, 0.25) is 0 Å². The SMILES string of the molecule is CC1C(O)C(O)C2CC1C2(C)C. The molecule has 3 saturated carbocycles. The van der Waals surface area contributed by atoms with Crippen LogP contribution in [0.25, 0.3) is 0 Å². The summed E-state index contributed by atoms with van der Waals surface area (Å²) in [4.78, 5) is 0. The molecule has 3 rings (SSSR count). The summed E-state index contributed by atoms with van der Waals surface area (Å²) in [6.45, 7) is 6.46. The van der Waals surface area contributed by atoms with Crippen molar-refractivity contribution in [3.05, 3.63) is 0 Å². The van der Waals surface area contributed by atoms with E-state index in [9.17, 15) is 10.2 Å². The van der Waals surface area contributed by atoms with Gasteiger partial charge >= 0.3 is 0 Å². The van der Waals surface area contributed by atoms with E-state index in [2.05, 4.69) is 20.8 Å². The van der Waals surface area contributed by atoms with Crippen molar-refractivity contribution in [3.63, 3.8) is 0 Å². The Morgan fingerprint density at radius 2 is 1.67 bits per heavy atom. The zero-order valence-corrected chi connectivity index (χ0v) is 7.99. The average Bonchev–Trinajstić information content (AvgIpc) is 1.98. The molecule has 2 nitrogen and oxygen atoms in total. The van der Waals surface area contributed by atoms with Crippen LogP contribution >= 0.6 is 0 Å². The summed E-state index contributed by atoms with van der Waals surface area (Å²) >= 11 is 0. The minimum absolute atomic E-state index is 0.248. The third kappa shape index (κ3) is 0.775. The van der Waals surface area contributed by atoms with E-state index >= 15 is 0 Å². The molecule has 2 bridgehead atoms. The van der Waals surface area contributed by atoms with Crippen molar-refractivity contribution in [2.75, 3.05) is 0 Å². The molecule has 3 aliphatic rings. The van der Waals surface area contributed by atoms with Gasteiger partial charge in [0.15, 0.2) is 0 Å². The Hall–Kier alpha value is -0.0800. The molecule has 5 unspecified atom stereocenters. The molecule has 0 saturated heterocycles. The minimum Gasteiger partial charge on any atom is -0.390 e. The topological polar surface area (TPSA) is 40.5 Å². The van der Waals surface area contributed by atoms with Gasteiger partial charge in [-0.25, -0.2) is 0 Å². The molecule has 0 aromatic rings. The van der Waals surface area contributed by atoms with Crippen LogP contribution in [-0.2, 0) is 0 Å². The Bertz CT molecular complexity index is 182. The highest BCUT2D eigenvalue weighted by Crippen LogP contribution is 2.61. The lowest BCUT2D eigenvalue weighted by Crippen LogP contribution is -2.64. The van der Waals surface area contributed by atoms with Crippen molar-refractivity contribution in [2.45, 2.75) is 39.4 Å². The fourth-order valence-electron chi connectivity index (χ4n) is 3.25. The van der Waals surface area contributed by atoms with Gasteiger partial charge in [0, 0.05) is 0 Å². The predicted molar refractivity (Wildman–Crippen MR) is 46.6 cm³/mol. The van der Waals surface area contributed by atoms with E-state index in [1.54, 1.807) is 0 Å². The molecule has 0 spiro atoms. The van der Waals surface area contributed by atoms with E-state index in [0.29, 0.717) is 11.8 Å². The third-order valence-electron chi connectivity index (χ3n) is 4.35. The van der Waals surface area contributed by atoms with Gasteiger partial charge < -0.3 is 10.2 Å². The zero-order chi connectivity index (χ0) is 9.09. The fourth-order valence-corrected chi connectivity index (χ4v) is 3.25. The van der Waals surface area contributed by atoms with Crippen molar-refractivity contribution in [1.82, 2.24) is 0 Å². The lowest BCUT2D eigenvalue weighted by Gasteiger charge is -2.63. The van der Waals surface area contributed by atoms with Crippen molar-refractivity contribution in [1.29, 1.82) is 0 Å². The lowest BCUT2D eigenvalue weighted by molar-refractivity contribution is -0.222.